The summed E-state index contributed by atoms with van der Waals surface area (Å²) < 4.78 is 6.96. The van der Waals surface area contributed by atoms with E-state index < -0.39 is 11.7 Å². The predicted molar refractivity (Wildman–Crippen MR) is 74.1 cm³/mol. The summed E-state index contributed by atoms with van der Waals surface area (Å²) in [6.07, 6.45) is -0.397. The molecule has 19 heavy (non-hydrogen) atoms. The Bertz CT molecular complexity index is 596. The molecule has 5 nitrogen and oxygen atoms in total. The first-order valence-corrected chi connectivity index (χ1v) is 6.26. The summed E-state index contributed by atoms with van der Waals surface area (Å²) in [6, 6.07) is 7.53. The number of carbonyl (C=O) groups excluding carboxylic acids is 1. The maximum Gasteiger partial charge on any atom is 0.420 e. The number of hydrogen-bond donors (Lipinski definition) is 1. The Labute approximate surface area is 112 Å². The zero-order chi connectivity index (χ0) is 14.0. The number of hydrogen-bond acceptors (Lipinski definition) is 4. The van der Waals surface area contributed by atoms with Gasteiger partial charge in [0, 0.05) is 0 Å². The number of benzene rings is 1. The summed E-state index contributed by atoms with van der Waals surface area (Å²) >= 11 is 0. The molecule has 2 aromatic rings. The highest BCUT2D eigenvalue weighted by Crippen LogP contribution is 2.18. The molecule has 0 spiro atoms. The summed E-state index contributed by atoms with van der Waals surface area (Å²) in [4.78, 5) is 16.8. The molecule has 0 saturated carbocycles. The second-order valence-corrected chi connectivity index (χ2v) is 5.36. The number of imidazole rings is 1. The summed E-state index contributed by atoms with van der Waals surface area (Å²) in [7, 11) is 1.82. The zero-order valence-corrected chi connectivity index (χ0v) is 11.7. The standard InChI is InChI=1S/C14H19N3O2/c1-14(2,3)19-13(18)17-11-8-6-5-7-10(11)16-12(17)9-15-4/h5-8,15H,9H2,1-4H3. The molecule has 0 fully saturated rings. The molecule has 0 amide bonds. The average Bonchev–Trinajstić information content (AvgIpc) is 2.65. The van der Waals surface area contributed by atoms with Crippen LogP contribution in [-0.2, 0) is 11.3 Å². The van der Waals surface area contributed by atoms with Gasteiger partial charge in [-0.05, 0) is 40.0 Å². The first kappa shape index (κ1) is 13.5. The molecule has 1 aromatic heterocycles. The van der Waals surface area contributed by atoms with Crippen molar-refractivity contribution in [1.82, 2.24) is 14.9 Å². The van der Waals surface area contributed by atoms with Crippen LogP contribution in [0.2, 0.25) is 0 Å². The van der Waals surface area contributed by atoms with Crippen LogP contribution in [0.25, 0.3) is 11.0 Å². The maximum atomic E-state index is 12.3. The molecule has 1 N–H and O–H groups in total. The predicted octanol–water partition coefficient (Wildman–Crippen LogP) is 2.54. The SMILES string of the molecule is CNCc1nc2ccccc2n1C(=O)OC(C)(C)C. The summed E-state index contributed by atoms with van der Waals surface area (Å²) in [5, 5.41) is 3.01. The highest BCUT2D eigenvalue weighted by Gasteiger charge is 2.22. The van der Waals surface area contributed by atoms with Crippen LogP contribution < -0.4 is 5.32 Å². The van der Waals surface area contributed by atoms with Crippen molar-refractivity contribution in [3.8, 4) is 0 Å². The molecule has 0 aliphatic heterocycles. The van der Waals surface area contributed by atoms with Gasteiger partial charge in [0.25, 0.3) is 0 Å². The van der Waals surface area contributed by atoms with E-state index in [9.17, 15) is 4.79 Å². The Morgan fingerprint density at radius 1 is 1.37 bits per heavy atom. The molecule has 102 valence electrons. The van der Waals surface area contributed by atoms with E-state index in [0.717, 1.165) is 11.0 Å². The van der Waals surface area contributed by atoms with Gasteiger partial charge in [-0.2, -0.15) is 0 Å². The number of nitrogens with zero attached hydrogens (tertiary/aromatic N) is 2. The Kier molecular flexibility index (Phi) is 3.57. The quantitative estimate of drug-likeness (QED) is 0.902. The van der Waals surface area contributed by atoms with E-state index in [0.29, 0.717) is 12.4 Å². The summed E-state index contributed by atoms with van der Waals surface area (Å²) in [5.74, 6) is 0.651. The minimum atomic E-state index is -0.528. The van der Waals surface area contributed by atoms with Crippen LogP contribution in [-0.4, -0.2) is 28.3 Å². The third-order valence-electron chi connectivity index (χ3n) is 2.54. The van der Waals surface area contributed by atoms with E-state index in [1.165, 1.54) is 4.57 Å². The monoisotopic (exact) mass is 261 g/mol. The number of para-hydroxylation sites is 2. The number of nitrogens with one attached hydrogen (secondary N) is 1. The molecule has 0 unspecified atom stereocenters. The molecular formula is C14H19N3O2. The highest BCUT2D eigenvalue weighted by atomic mass is 16.6. The van der Waals surface area contributed by atoms with Gasteiger partial charge in [0.2, 0.25) is 0 Å². The molecule has 0 aliphatic carbocycles. The molecule has 2 rings (SSSR count). The first-order valence-electron chi connectivity index (χ1n) is 6.26. The van der Waals surface area contributed by atoms with Crippen LogP contribution in [0.1, 0.15) is 26.6 Å². The van der Waals surface area contributed by atoms with Crippen molar-refractivity contribution in [3.05, 3.63) is 30.1 Å². The van der Waals surface area contributed by atoms with Gasteiger partial charge in [0.15, 0.2) is 0 Å². The van der Waals surface area contributed by atoms with E-state index in [4.69, 9.17) is 4.74 Å². The van der Waals surface area contributed by atoms with Gasteiger partial charge >= 0.3 is 6.09 Å². The number of fused-ring (bicyclic) bond motifs is 1. The van der Waals surface area contributed by atoms with Crippen LogP contribution in [0, 0.1) is 0 Å². The van der Waals surface area contributed by atoms with Gasteiger partial charge in [-0.1, -0.05) is 12.1 Å². The van der Waals surface area contributed by atoms with Crippen molar-refractivity contribution in [2.75, 3.05) is 7.05 Å². The van der Waals surface area contributed by atoms with E-state index in [-0.39, 0.29) is 0 Å². The second-order valence-electron chi connectivity index (χ2n) is 5.36. The molecule has 1 heterocycles. The number of carbonyl (C=O) groups is 1. The van der Waals surface area contributed by atoms with Gasteiger partial charge in [0.05, 0.1) is 17.6 Å². The van der Waals surface area contributed by atoms with Crippen LogP contribution in [0.4, 0.5) is 4.79 Å². The molecule has 0 bridgehead atoms. The third-order valence-corrected chi connectivity index (χ3v) is 2.54. The van der Waals surface area contributed by atoms with Gasteiger partial charge < -0.3 is 10.1 Å². The minimum Gasteiger partial charge on any atom is -0.443 e. The van der Waals surface area contributed by atoms with Gasteiger partial charge in [-0.25, -0.2) is 14.3 Å². The van der Waals surface area contributed by atoms with Crippen LogP contribution in [0.5, 0.6) is 0 Å². The number of aromatic nitrogens is 2. The lowest BCUT2D eigenvalue weighted by Crippen LogP contribution is -2.28. The average molecular weight is 261 g/mol. The smallest absolute Gasteiger partial charge is 0.420 e. The van der Waals surface area contributed by atoms with Crippen molar-refractivity contribution in [3.63, 3.8) is 0 Å². The second kappa shape index (κ2) is 5.01. The fourth-order valence-electron chi connectivity index (χ4n) is 1.86. The van der Waals surface area contributed by atoms with Crippen LogP contribution in [0.15, 0.2) is 24.3 Å². The molecule has 0 radical (unpaired) electrons. The molecule has 1 aromatic carbocycles. The van der Waals surface area contributed by atoms with Crippen molar-refractivity contribution in [2.24, 2.45) is 0 Å². The Balaban J connectivity index is 2.50. The van der Waals surface area contributed by atoms with Crippen molar-refractivity contribution >= 4 is 17.1 Å². The maximum absolute atomic E-state index is 12.3. The third kappa shape index (κ3) is 2.93. The molecule has 0 atom stereocenters. The van der Waals surface area contributed by atoms with Gasteiger partial charge in [-0.15, -0.1) is 0 Å². The first-order chi connectivity index (χ1) is 8.92. The molecule has 5 heteroatoms. The minimum absolute atomic E-state index is 0.397. The fourth-order valence-corrected chi connectivity index (χ4v) is 1.86. The van der Waals surface area contributed by atoms with Gasteiger partial charge in [-0.3, -0.25) is 0 Å². The van der Waals surface area contributed by atoms with Crippen LogP contribution in [0.3, 0.4) is 0 Å². The van der Waals surface area contributed by atoms with E-state index in [2.05, 4.69) is 10.3 Å². The van der Waals surface area contributed by atoms with Gasteiger partial charge in [0.1, 0.15) is 11.4 Å². The zero-order valence-electron chi connectivity index (χ0n) is 11.7. The highest BCUT2D eigenvalue weighted by molar-refractivity contribution is 5.87. The molecule has 0 aliphatic rings. The lowest BCUT2D eigenvalue weighted by atomic mass is 10.2. The lowest BCUT2D eigenvalue weighted by molar-refractivity contribution is 0.0538. The van der Waals surface area contributed by atoms with Crippen molar-refractivity contribution in [2.45, 2.75) is 32.9 Å². The lowest BCUT2D eigenvalue weighted by Gasteiger charge is -2.20. The number of rotatable bonds is 2. The Morgan fingerprint density at radius 2 is 2.05 bits per heavy atom. The van der Waals surface area contributed by atoms with Crippen molar-refractivity contribution in [1.29, 1.82) is 0 Å². The van der Waals surface area contributed by atoms with E-state index in [1.807, 2.05) is 52.1 Å². The normalized spacial score (nSPS) is 11.8. The Hall–Kier alpha value is -1.88. The molecule has 0 saturated heterocycles. The molecular weight excluding hydrogens is 242 g/mol. The van der Waals surface area contributed by atoms with E-state index in [1.54, 1.807) is 0 Å². The fraction of sp³-hybridized carbons (Fsp3) is 0.429. The van der Waals surface area contributed by atoms with Crippen molar-refractivity contribution < 1.29 is 9.53 Å². The largest absolute Gasteiger partial charge is 0.443 e. The summed E-state index contributed by atoms with van der Waals surface area (Å²) in [6.45, 7) is 6.05. The topological polar surface area (TPSA) is 56.2 Å². The Morgan fingerprint density at radius 3 is 2.68 bits per heavy atom. The van der Waals surface area contributed by atoms with Crippen LogP contribution >= 0.6 is 0 Å². The van der Waals surface area contributed by atoms with E-state index >= 15 is 0 Å². The summed E-state index contributed by atoms with van der Waals surface area (Å²) in [5.41, 5.74) is 1.03. The number of ether oxygens (including phenoxy) is 1.